The number of benzene rings is 3. The number of aromatic nitrogens is 1. The van der Waals surface area contributed by atoms with E-state index in [1.165, 1.54) is 5.56 Å². The first kappa shape index (κ1) is 20.7. The molecule has 31 heavy (non-hydrogen) atoms. The van der Waals surface area contributed by atoms with Gasteiger partial charge in [-0.2, -0.15) is 0 Å². The SMILES string of the molecule is COc1ccc(CC(=O)N(Cc2ccc(C)cc2)Cc2nc3cc(C)ccc3o2)cc1. The lowest BCUT2D eigenvalue weighted by Gasteiger charge is -2.22. The third-order valence-corrected chi connectivity index (χ3v) is 5.27. The number of hydrogen-bond acceptors (Lipinski definition) is 4. The fourth-order valence-corrected chi connectivity index (χ4v) is 3.49. The number of methoxy groups -OCH3 is 1. The van der Waals surface area contributed by atoms with Crippen LogP contribution in [-0.2, 0) is 24.3 Å². The van der Waals surface area contributed by atoms with E-state index in [0.29, 0.717) is 25.4 Å². The van der Waals surface area contributed by atoms with Gasteiger partial charge in [0, 0.05) is 6.54 Å². The van der Waals surface area contributed by atoms with E-state index in [-0.39, 0.29) is 5.91 Å². The van der Waals surface area contributed by atoms with Crippen LogP contribution in [0.3, 0.4) is 0 Å². The van der Waals surface area contributed by atoms with Crippen molar-refractivity contribution >= 4 is 17.0 Å². The molecule has 0 atom stereocenters. The molecule has 1 heterocycles. The van der Waals surface area contributed by atoms with E-state index < -0.39 is 0 Å². The molecule has 5 heteroatoms. The van der Waals surface area contributed by atoms with Crippen LogP contribution in [0.5, 0.6) is 5.75 Å². The molecule has 0 radical (unpaired) electrons. The number of carbonyl (C=O) groups is 1. The molecule has 1 aromatic heterocycles. The van der Waals surface area contributed by atoms with Crippen LogP contribution in [0.15, 0.2) is 71.1 Å². The molecule has 0 N–H and O–H groups in total. The number of rotatable bonds is 7. The standard InChI is InChI=1S/C26H26N2O3/c1-18-4-7-21(8-5-18)16-28(26(29)15-20-9-11-22(30-3)12-10-20)17-25-27-23-14-19(2)6-13-24(23)31-25/h4-14H,15-17H2,1-3H3. The zero-order valence-corrected chi connectivity index (χ0v) is 18.1. The Hall–Kier alpha value is -3.60. The molecule has 0 bridgehead atoms. The van der Waals surface area contributed by atoms with Crippen molar-refractivity contribution in [1.29, 1.82) is 0 Å². The van der Waals surface area contributed by atoms with E-state index in [4.69, 9.17) is 9.15 Å². The predicted octanol–water partition coefficient (Wildman–Crippen LogP) is 5.22. The molecule has 4 aromatic rings. The van der Waals surface area contributed by atoms with Crippen LogP contribution in [-0.4, -0.2) is 22.9 Å². The molecule has 0 aliphatic carbocycles. The van der Waals surface area contributed by atoms with Crippen LogP contribution in [0.4, 0.5) is 0 Å². The molecule has 0 spiro atoms. The minimum Gasteiger partial charge on any atom is -0.497 e. The Kier molecular flexibility index (Phi) is 6.03. The van der Waals surface area contributed by atoms with Crippen molar-refractivity contribution in [3.8, 4) is 5.75 Å². The number of oxazole rings is 1. The van der Waals surface area contributed by atoms with Gasteiger partial charge in [-0.25, -0.2) is 4.98 Å². The van der Waals surface area contributed by atoms with Crippen molar-refractivity contribution in [2.45, 2.75) is 33.4 Å². The number of nitrogens with zero attached hydrogens (tertiary/aromatic N) is 2. The summed E-state index contributed by atoms with van der Waals surface area (Å²) in [6.07, 6.45) is 0.301. The van der Waals surface area contributed by atoms with Gasteiger partial charge in [-0.1, -0.05) is 48.0 Å². The Morgan fingerprint density at radius 3 is 2.29 bits per heavy atom. The van der Waals surface area contributed by atoms with Gasteiger partial charge in [0.1, 0.15) is 11.3 Å². The van der Waals surface area contributed by atoms with Crippen molar-refractivity contribution in [1.82, 2.24) is 9.88 Å². The lowest BCUT2D eigenvalue weighted by molar-refractivity contribution is -0.132. The van der Waals surface area contributed by atoms with Gasteiger partial charge < -0.3 is 14.1 Å². The number of carbonyl (C=O) groups excluding carboxylic acids is 1. The fourth-order valence-electron chi connectivity index (χ4n) is 3.49. The molecule has 0 saturated heterocycles. The summed E-state index contributed by atoms with van der Waals surface area (Å²) in [7, 11) is 1.63. The van der Waals surface area contributed by atoms with Gasteiger partial charge in [0.15, 0.2) is 5.58 Å². The predicted molar refractivity (Wildman–Crippen MR) is 121 cm³/mol. The largest absolute Gasteiger partial charge is 0.497 e. The molecule has 158 valence electrons. The third-order valence-electron chi connectivity index (χ3n) is 5.27. The summed E-state index contributed by atoms with van der Waals surface area (Å²) in [6.45, 7) is 4.89. The molecule has 0 fully saturated rings. The number of fused-ring (bicyclic) bond motifs is 1. The van der Waals surface area contributed by atoms with Crippen molar-refractivity contribution in [3.63, 3.8) is 0 Å². The quantitative estimate of drug-likeness (QED) is 0.416. The molecular formula is C26H26N2O3. The Labute approximate surface area is 182 Å². The normalized spacial score (nSPS) is 10.9. The average Bonchev–Trinajstić information content (AvgIpc) is 3.16. The summed E-state index contributed by atoms with van der Waals surface area (Å²) in [5, 5.41) is 0. The summed E-state index contributed by atoms with van der Waals surface area (Å²) in [5.74, 6) is 1.33. The maximum atomic E-state index is 13.2. The first-order chi connectivity index (χ1) is 15.0. The third kappa shape index (κ3) is 5.12. The van der Waals surface area contributed by atoms with Gasteiger partial charge >= 0.3 is 0 Å². The van der Waals surface area contributed by atoms with Crippen LogP contribution >= 0.6 is 0 Å². The highest BCUT2D eigenvalue weighted by atomic mass is 16.5. The first-order valence-electron chi connectivity index (χ1n) is 10.3. The van der Waals surface area contributed by atoms with Crippen LogP contribution in [0.25, 0.3) is 11.1 Å². The van der Waals surface area contributed by atoms with Gasteiger partial charge in [-0.3, -0.25) is 4.79 Å². The zero-order valence-electron chi connectivity index (χ0n) is 18.1. The van der Waals surface area contributed by atoms with Crippen molar-refractivity contribution in [2.24, 2.45) is 0 Å². The second-order valence-electron chi connectivity index (χ2n) is 7.84. The van der Waals surface area contributed by atoms with E-state index in [0.717, 1.165) is 33.5 Å². The van der Waals surface area contributed by atoms with Gasteiger partial charge in [-0.05, 0) is 54.8 Å². The Morgan fingerprint density at radius 2 is 1.58 bits per heavy atom. The number of ether oxygens (including phenoxy) is 1. The lowest BCUT2D eigenvalue weighted by Crippen LogP contribution is -2.31. The van der Waals surface area contributed by atoms with Gasteiger partial charge in [-0.15, -0.1) is 0 Å². The van der Waals surface area contributed by atoms with Crippen molar-refractivity contribution in [3.05, 3.63) is 94.9 Å². The summed E-state index contributed by atoms with van der Waals surface area (Å²) in [5.41, 5.74) is 5.87. The summed E-state index contributed by atoms with van der Waals surface area (Å²) >= 11 is 0. The lowest BCUT2D eigenvalue weighted by atomic mass is 10.1. The second kappa shape index (κ2) is 9.04. The topological polar surface area (TPSA) is 55.6 Å². The fraction of sp³-hybridized carbons (Fsp3) is 0.231. The molecule has 0 saturated carbocycles. The van der Waals surface area contributed by atoms with Gasteiger partial charge in [0.25, 0.3) is 0 Å². The molecule has 4 rings (SSSR count). The molecule has 5 nitrogen and oxygen atoms in total. The highest BCUT2D eigenvalue weighted by Gasteiger charge is 2.18. The van der Waals surface area contributed by atoms with E-state index >= 15 is 0 Å². The first-order valence-corrected chi connectivity index (χ1v) is 10.3. The zero-order chi connectivity index (χ0) is 21.8. The molecule has 0 aliphatic rings. The smallest absolute Gasteiger partial charge is 0.227 e. The monoisotopic (exact) mass is 414 g/mol. The molecule has 1 amide bonds. The van der Waals surface area contributed by atoms with Gasteiger partial charge in [0.2, 0.25) is 11.8 Å². The Morgan fingerprint density at radius 1 is 0.903 bits per heavy atom. The van der Waals surface area contributed by atoms with E-state index in [2.05, 4.69) is 36.2 Å². The number of aryl methyl sites for hydroxylation is 2. The minimum absolute atomic E-state index is 0.0178. The van der Waals surface area contributed by atoms with Crippen LogP contribution < -0.4 is 4.74 Å². The minimum atomic E-state index is 0.0178. The Balaban J connectivity index is 1.57. The highest BCUT2D eigenvalue weighted by Crippen LogP contribution is 2.20. The summed E-state index contributed by atoms with van der Waals surface area (Å²) in [4.78, 5) is 19.6. The van der Waals surface area contributed by atoms with E-state index in [1.54, 1.807) is 12.0 Å². The van der Waals surface area contributed by atoms with Crippen LogP contribution in [0.2, 0.25) is 0 Å². The number of amides is 1. The summed E-state index contributed by atoms with van der Waals surface area (Å²) in [6, 6.07) is 21.7. The average molecular weight is 415 g/mol. The summed E-state index contributed by atoms with van der Waals surface area (Å²) < 4.78 is 11.1. The van der Waals surface area contributed by atoms with Crippen LogP contribution in [0.1, 0.15) is 28.1 Å². The molecule has 0 unspecified atom stereocenters. The molecule has 0 aliphatic heterocycles. The van der Waals surface area contributed by atoms with E-state index in [1.807, 2.05) is 49.4 Å². The highest BCUT2D eigenvalue weighted by molar-refractivity contribution is 5.79. The van der Waals surface area contributed by atoms with Gasteiger partial charge in [0.05, 0.1) is 20.1 Å². The van der Waals surface area contributed by atoms with E-state index in [9.17, 15) is 4.79 Å². The number of hydrogen-bond donors (Lipinski definition) is 0. The molecular weight excluding hydrogens is 388 g/mol. The van der Waals surface area contributed by atoms with Crippen molar-refractivity contribution < 1.29 is 13.9 Å². The van der Waals surface area contributed by atoms with Crippen LogP contribution in [0, 0.1) is 13.8 Å². The molecule has 3 aromatic carbocycles. The van der Waals surface area contributed by atoms with Crippen molar-refractivity contribution in [2.75, 3.05) is 7.11 Å². The Bertz CT molecular complexity index is 1180. The maximum absolute atomic E-state index is 13.2. The second-order valence-corrected chi connectivity index (χ2v) is 7.84. The maximum Gasteiger partial charge on any atom is 0.227 e.